The molecule has 1 aromatic rings. The summed E-state index contributed by atoms with van der Waals surface area (Å²) in [7, 11) is 0. The molecule has 1 rings (SSSR count). The lowest BCUT2D eigenvalue weighted by atomic mass is 10.2. The van der Waals surface area contributed by atoms with Crippen LogP contribution in [-0.4, -0.2) is 24.2 Å². The minimum Gasteiger partial charge on any atom is -0.494 e. The number of hydrogen-bond donors (Lipinski definition) is 2. The third-order valence-electron chi connectivity index (χ3n) is 2.26. The van der Waals surface area contributed by atoms with Crippen LogP contribution in [0, 0.1) is 0 Å². The minimum absolute atomic E-state index is 0.253. The quantitative estimate of drug-likeness (QED) is 0.646. The van der Waals surface area contributed by atoms with Crippen molar-refractivity contribution in [2.45, 2.75) is 39.2 Å². The molecular weight excluding hydrogens is 272 g/mol. The highest BCUT2D eigenvalue weighted by molar-refractivity contribution is 5.79. The van der Waals surface area contributed by atoms with Crippen LogP contribution in [0.4, 0.5) is 4.79 Å². The predicted molar refractivity (Wildman–Crippen MR) is 78.7 cm³/mol. The van der Waals surface area contributed by atoms with Crippen LogP contribution in [0.3, 0.4) is 0 Å². The molecule has 0 fully saturated rings. The van der Waals surface area contributed by atoms with Crippen molar-refractivity contribution in [1.29, 1.82) is 0 Å². The van der Waals surface area contributed by atoms with Crippen molar-refractivity contribution in [2.24, 2.45) is 0 Å². The largest absolute Gasteiger partial charge is 0.494 e. The fraction of sp³-hybridized carbons (Fsp3) is 0.467. The summed E-state index contributed by atoms with van der Waals surface area (Å²) in [5.74, 6) is 0.474. The van der Waals surface area contributed by atoms with Crippen LogP contribution in [0.15, 0.2) is 30.3 Å². The highest BCUT2D eigenvalue weighted by Crippen LogP contribution is 2.08. The maximum absolute atomic E-state index is 11.5. The van der Waals surface area contributed by atoms with Gasteiger partial charge in [-0.3, -0.25) is 10.2 Å². The average Bonchev–Trinajstić information content (AvgIpc) is 2.41. The fourth-order valence-electron chi connectivity index (χ4n) is 1.43. The van der Waals surface area contributed by atoms with Gasteiger partial charge in [0.05, 0.1) is 6.61 Å². The van der Waals surface area contributed by atoms with Gasteiger partial charge in [-0.2, -0.15) is 0 Å². The standard InChI is InChI=1S/C15H22N2O4/c1-15(2,3)21-14(19)17-16-13(18)10-7-11-20-12-8-5-4-6-9-12/h4-6,8-9H,7,10-11H2,1-3H3,(H,16,18)(H,17,19). The number of hydrazine groups is 1. The molecule has 21 heavy (non-hydrogen) atoms. The molecule has 6 nitrogen and oxygen atoms in total. The lowest BCUT2D eigenvalue weighted by Crippen LogP contribution is -2.44. The first-order chi connectivity index (χ1) is 9.87. The van der Waals surface area contributed by atoms with E-state index >= 15 is 0 Å². The van der Waals surface area contributed by atoms with Gasteiger partial charge in [-0.25, -0.2) is 10.2 Å². The Balaban J connectivity index is 2.10. The van der Waals surface area contributed by atoms with Gasteiger partial charge in [0.2, 0.25) is 5.91 Å². The molecule has 0 aromatic heterocycles. The van der Waals surface area contributed by atoms with Gasteiger partial charge in [-0.05, 0) is 39.3 Å². The molecule has 0 radical (unpaired) electrons. The molecule has 0 spiro atoms. The molecule has 0 atom stereocenters. The van der Waals surface area contributed by atoms with E-state index in [1.165, 1.54) is 0 Å². The normalized spacial score (nSPS) is 10.6. The Labute approximate surface area is 124 Å². The maximum atomic E-state index is 11.5. The summed E-state index contributed by atoms with van der Waals surface area (Å²) in [6.07, 6.45) is 0.121. The van der Waals surface area contributed by atoms with E-state index in [1.54, 1.807) is 20.8 Å². The molecule has 0 aliphatic carbocycles. The highest BCUT2D eigenvalue weighted by atomic mass is 16.6. The third kappa shape index (κ3) is 8.52. The zero-order valence-electron chi connectivity index (χ0n) is 12.6. The Morgan fingerprint density at radius 3 is 2.38 bits per heavy atom. The molecule has 2 amide bonds. The number of hydrogen-bond acceptors (Lipinski definition) is 4. The first-order valence-corrected chi connectivity index (χ1v) is 6.82. The molecule has 0 aliphatic rings. The zero-order chi connectivity index (χ0) is 15.7. The second kappa shape index (κ2) is 8.14. The van der Waals surface area contributed by atoms with Crippen molar-refractivity contribution in [3.8, 4) is 5.75 Å². The number of ether oxygens (including phenoxy) is 2. The summed E-state index contributed by atoms with van der Waals surface area (Å²) in [5.41, 5.74) is 3.88. The van der Waals surface area contributed by atoms with Gasteiger partial charge in [0.1, 0.15) is 11.4 Å². The number of amides is 2. The van der Waals surface area contributed by atoms with Crippen molar-refractivity contribution >= 4 is 12.0 Å². The monoisotopic (exact) mass is 294 g/mol. The summed E-state index contributed by atoms with van der Waals surface area (Å²) in [5, 5.41) is 0. The van der Waals surface area contributed by atoms with Gasteiger partial charge in [0.25, 0.3) is 0 Å². The molecule has 1 aromatic carbocycles. The van der Waals surface area contributed by atoms with E-state index in [9.17, 15) is 9.59 Å². The Morgan fingerprint density at radius 2 is 1.76 bits per heavy atom. The molecule has 0 saturated carbocycles. The van der Waals surface area contributed by atoms with Crippen LogP contribution in [0.2, 0.25) is 0 Å². The van der Waals surface area contributed by atoms with Crippen molar-refractivity contribution in [2.75, 3.05) is 6.61 Å². The summed E-state index contributed by atoms with van der Waals surface area (Å²) < 4.78 is 10.4. The maximum Gasteiger partial charge on any atom is 0.426 e. The minimum atomic E-state index is -0.684. The van der Waals surface area contributed by atoms with Gasteiger partial charge < -0.3 is 9.47 Å². The van der Waals surface area contributed by atoms with Crippen LogP contribution in [-0.2, 0) is 9.53 Å². The van der Waals surface area contributed by atoms with Crippen molar-refractivity contribution < 1.29 is 19.1 Å². The van der Waals surface area contributed by atoms with Gasteiger partial charge in [-0.1, -0.05) is 18.2 Å². The molecule has 0 unspecified atom stereocenters. The topological polar surface area (TPSA) is 76.7 Å². The Kier molecular flexibility index (Phi) is 6.52. The van der Waals surface area contributed by atoms with Crippen LogP contribution >= 0.6 is 0 Å². The van der Waals surface area contributed by atoms with Gasteiger partial charge >= 0.3 is 6.09 Å². The second-order valence-electron chi connectivity index (χ2n) is 5.44. The lowest BCUT2D eigenvalue weighted by molar-refractivity contribution is -0.122. The van der Waals surface area contributed by atoms with Crippen molar-refractivity contribution in [3.63, 3.8) is 0 Å². The number of carbonyl (C=O) groups excluding carboxylic acids is 2. The van der Waals surface area contributed by atoms with E-state index in [2.05, 4.69) is 10.9 Å². The van der Waals surface area contributed by atoms with E-state index in [-0.39, 0.29) is 12.3 Å². The average molecular weight is 294 g/mol. The Hall–Kier alpha value is -2.24. The van der Waals surface area contributed by atoms with E-state index in [0.717, 1.165) is 5.75 Å². The molecule has 0 bridgehead atoms. The van der Waals surface area contributed by atoms with Crippen LogP contribution < -0.4 is 15.6 Å². The van der Waals surface area contributed by atoms with E-state index in [4.69, 9.17) is 9.47 Å². The van der Waals surface area contributed by atoms with Gasteiger partial charge in [0, 0.05) is 6.42 Å². The van der Waals surface area contributed by atoms with Crippen LogP contribution in [0.1, 0.15) is 33.6 Å². The molecule has 0 heterocycles. The van der Waals surface area contributed by atoms with E-state index in [1.807, 2.05) is 30.3 Å². The summed E-state index contributed by atoms with van der Waals surface area (Å²) in [6, 6.07) is 9.37. The zero-order valence-corrected chi connectivity index (χ0v) is 12.6. The summed E-state index contributed by atoms with van der Waals surface area (Å²) in [4.78, 5) is 22.8. The van der Waals surface area contributed by atoms with E-state index < -0.39 is 11.7 Å². The SMILES string of the molecule is CC(C)(C)OC(=O)NNC(=O)CCCOc1ccccc1. The second-order valence-corrected chi connectivity index (χ2v) is 5.44. The Bertz CT molecular complexity index is 454. The lowest BCUT2D eigenvalue weighted by Gasteiger charge is -2.19. The molecular formula is C15H22N2O4. The van der Waals surface area contributed by atoms with Gasteiger partial charge in [0.15, 0.2) is 0 Å². The molecule has 116 valence electrons. The summed E-state index contributed by atoms with van der Waals surface area (Å²) >= 11 is 0. The Morgan fingerprint density at radius 1 is 1.10 bits per heavy atom. The molecule has 0 aliphatic heterocycles. The molecule has 2 N–H and O–H groups in total. The van der Waals surface area contributed by atoms with Crippen LogP contribution in [0.25, 0.3) is 0 Å². The first kappa shape index (κ1) is 16.8. The summed E-state index contributed by atoms with van der Waals surface area (Å²) in [6.45, 7) is 5.67. The highest BCUT2D eigenvalue weighted by Gasteiger charge is 2.16. The fourth-order valence-corrected chi connectivity index (χ4v) is 1.43. The first-order valence-electron chi connectivity index (χ1n) is 6.82. The van der Waals surface area contributed by atoms with Crippen molar-refractivity contribution in [3.05, 3.63) is 30.3 Å². The molecule has 0 saturated heterocycles. The van der Waals surface area contributed by atoms with Crippen molar-refractivity contribution in [1.82, 2.24) is 10.9 Å². The van der Waals surface area contributed by atoms with Crippen LogP contribution in [0.5, 0.6) is 5.75 Å². The predicted octanol–water partition coefficient (Wildman–Crippen LogP) is 2.40. The number of rotatable bonds is 5. The van der Waals surface area contributed by atoms with Gasteiger partial charge in [-0.15, -0.1) is 0 Å². The smallest absolute Gasteiger partial charge is 0.426 e. The number of para-hydroxylation sites is 1. The number of benzene rings is 1. The number of nitrogens with one attached hydrogen (secondary N) is 2. The number of carbonyl (C=O) groups is 2. The molecule has 6 heteroatoms. The third-order valence-corrected chi connectivity index (χ3v) is 2.26. The van der Waals surface area contributed by atoms with E-state index in [0.29, 0.717) is 13.0 Å².